The second-order valence-electron chi connectivity index (χ2n) is 6.17. The highest BCUT2D eigenvalue weighted by Gasteiger charge is 2.13. The Kier molecular flexibility index (Phi) is 5.60. The average Bonchev–Trinajstić information content (AvgIpc) is 3.24. The predicted octanol–water partition coefficient (Wildman–Crippen LogP) is 6.07. The molecule has 3 aromatic carbocycles. The molecule has 7 heteroatoms. The van der Waals surface area contributed by atoms with Gasteiger partial charge in [-0.15, -0.1) is 10.2 Å². The van der Waals surface area contributed by atoms with Crippen LogP contribution in [0.4, 0.5) is 0 Å². The molecule has 0 amide bonds. The zero-order chi connectivity index (χ0) is 20.2. The van der Waals surface area contributed by atoms with Crippen LogP contribution in [0.2, 0.25) is 10.0 Å². The number of rotatable bonds is 5. The molecule has 0 bridgehead atoms. The van der Waals surface area contributed by atoms with Crippen LogP contribution < -0.4 is 0 Å². The van der Waals surface area contributed by atoms with Crippen LogP contribution in [-0.2, 0) is 11.3 Å². The Balaban J connectivity index is 1.44. The molecule has 0 fully saturated rings. The van der Waals surface area contributed by atoms with Gasteiger partial charge in [-0.1, -0.05) is 47.5 Å². The molecular formula is C22H14Cl2N2O3. The van der Waals surface area contributed by atoms with Crippen LogP contribution in [0.25, 0.3) is 22.9 Å². The van der Waals surface area contributed by atoms with E-state index in [9.17, 15) is 4.79 Å². The number of esters is 1. The molecule has 144 valence electrons. The fraction of sp³-hybridized carbons (Fsp3) is 0.0455. The van der Waals surface area contributed by atoms with Gasteiger partial charge in [0.25, 0.3) is 0 Å². The van der Waals surface area contributed by atoms with Gasteiger partial charge in [-0.2, -0.15) is 0 Å². The Morgan fingerprint density at radius 2 is 1.52 bits per heavy atom. The van der Waals surface area contributed by atoms with Gasteiger partial charge < -0.3 is 9.15 Å². The van der Waals surface area contributed by atoms with Gasteiger partial charge in [0.1, 0.15) is 6.61 Å². The first kappa shape index (κ1) is 19.2. The summed E-state index contributed by atoms with van der Waals surface area (Å²) in [5, 5.41) is 9.11. The van der Waals surface area contributed by atoms with Crippen LogP contribution in [0.3, 0.4) is 0 Å². The second kappa shape index (κ2) is 8.47. The molecule has 0 saturated carbocycles. The third-order valence-electron chi connectivity index (χ3n) is 4.19. The number of halogens is 2. The van der Waals surface area contributed by atoms with Crippen molar-refractivity contribution in [1.82, 2.24) is 10.2 Å². The summed E-state index contributed by atoms with van der Waals surface area (Å²) in [6.45, 7) is 0.0562. The average molecular weight is 425 g/mol. The highest BCUT2D eigenvalue weighted by Crippen LogP contribution is 2.25. The van der Waals surface area contributed by atoms with E-state index in [1.807, 2.05) is 30.3 Å². The zero-order valence-corrected chi connectivity index (χ0v) is 16.5. The fourth-order valence-electron chi connectivity index (χ4n) is 2.65. The Morgan fingerprint density at radius 1 is 0.862 bits per heavy atom. The van der Waals surface area contributed by atoms with Crippen molar-refractivity contribution in [2.45, 2.75) is 6.61 Å². The number of nitrogens with zero attached hydrogens (tertiary/aromatic N) is 2. The molecule has 0 aliphatic rings. The standard InChI is InChI=1S/C22H14Cl2N2O3/c23-18-11-10-17(19(24)12-18)13-28-22(27)16-8-6-15(7-9-16)21-26-25-20(29-21)14-4-2-1-3-5-14/h1-12H,13H2. The van der Waals surface area contributed by atoms with E-state index in [2.05, 4.69) is 10.2 Å². The molecule has 0 spiro atoms. The number of carbonyl (C=O) groups is 1. The van der Waals surface area contributed by atoms with E-state index in [0.717, 1.165) is 5.56 Å². The minimum atomic E-state index is -0.460. The van der Waals surface area contributed by atoms with Gasteiger partial charge in [0.05, 0.1) is 5.56 Å². The molecule has 4 aromatic rings. The maximum absolute atomic E-state index is 12.3. The number of hydrogen-bond acceptors (Lipinski definition) is 5. The SMILES string of the molecule is O=C(OCc1ccc(Cl)cc1Cl)c1ccc(-c2nnc(-c3ccccc3)o2)cc1. The molecule has 0 aliphatic heterocycles. The molecule has 5 nitrogen and oxygen atoms in total. The first-order valence-electron chi connectivity index (χ1n) is 8.70. The lowest BCUT2D eigenvalue weighted by molar-refractivity contribution is 0.0473. The van der Waals surface area contributed by atoms with Crippen LogP contribution in [0.1, 0.15) is 15.9 Å². The van der Waals surface area contributed by atoms with E-state index in [4.69, 9.17) is 32.4 Å². The first-order valence-corrected chi connectivity index (χ1v) is 9.46. The van der Waals surface area contributed by atoms with E-state index in [0.29, 0.717) is 38.5 Å². The van der Waals surface area contributed by atoms with E-state index < -0.39 is 5.97 Å². The van der Waals surface area contributed by atoms with Gasteiger partial charge in [-0.05, 0) is 48.5 Å². The Hall–Kier alpha value is -3.15. The van der Waals surface area contributed by atoms with Crippen LogP contribution in [0.5, 0.6) is 0 Å². The fourth-order valence-corrected chi connectivity index (χ4v) is 3.11. The first-order chi connectivity index (χ1) is 14.1. The van der Waals surface area contributed by atoms with Crippen molar-refractivity contribution >= 4 is 29.2 Å². The zero-order valence-electron chi connectivity index (χ0n) is 15.0. The highest BCUT2D eigenvalue weighted by atomic mass is 35.5. The van der Waals surface area contributed by atoms with Crippen molar-refractivity contribution in [1.29, 1.82) is 0 Å². The number of aromatic nitrogens is 2. The van der Waals surface area contributed by atoms with E-state index >= 15 is 0 Å². The minimum Gasteiger partial charge on any atom is -0.457 e. The predicted molar refractivity (Wildman–Crippen MR) is 111 cm³/mol. The summed E-state index contributed by atoms with van der Waals surface area (Å²) in [5.41, 5.74) is 2.63. The van der Waals surface area contributed by atoms with E-state index in [1.165, 1.54) is 0 Å². The summed E-state index contributed by atoms with van der Waals surface area (Å²) < 4.78 is 11.0. The summed E-state index contributed by atoms with van der Waals surface area (Å²) in [6.07, 6.45) is 0. The summed E-state index contributed by atoms with van der Waals surface area (Å²) in [7, 11) is 0. The largest absolute Gasteiger partial charge is 0.457 e. The summed E-state index contributed by atoms with van der Waals surface area (Å²) >= 11 is 12.0. The van der Waals surface area contributed by atoms with Crippen molar-refractivity contribution in [3.63, 3.8) is 0 Å². The third-order valence-corrected chi connectivity index (χ3v) is 4.77. The third kappa shape index (κ3) is 4.47. The van der Waals surface area contributed by atoms with E-state index in [1.54, 1.807) is 42.5 Å². The molecule has 29 heavy (non-hydrogen) atoms. The van der Waals surface area contributed by atoms with Crippen LogP contribution in [0.15, 0.2) is 77.2 Å². The lowest BCUT2D eigenvalue weighted by Crippen LogP contribution is -2.05. The molecule has 1 aromatic heterocycles. The lowest BCUT2D eigenvalue weighted by atomic mass is 10.1. The molecule has 0 N–H and O–H groups in total. The molecule has 0 radical (unpaired) electrons. The number of hydrogen-bond donors (Lipinski definition) is 0. The van der Waals surface area contributed by atoms with Crippen molar-refractivity contribution in [2.75, 3.05) is 0 Å². The summed E-state index contributed by atoms with van der Waals surface area (Å²) in [4.78, 5) is 12.3. The van der Waals surface area contributed by atoms with Gasteiger partial charge in [-0.25, -0.2) is 4.79 Å². The van der Waals surface area contributed by atoms with Crippen LogP contribution >= 0.6 is 23.2 Å². The summed E-state index contributed by atoms with van der Waals surface area (Å²) in [5.74, 6) is 0.346. The Morgan fingerprint density at radius 3 is 2.17 bits per heavy atom. The van der Waals surface area contributed by atoms with Crippen LogP contribution in [-0.4, -0.2) is 16.2 Å². The van der Waals surface area contributed by atoms with Gasteiger partial charge >= 0.3 is 5.97 Å². The smallest absolute Gasteiger partial charge is 0.338 e. The molecule has 1 heterocycles. The quantitative estimate of drug-likeness (QED) is 0.363. The number of benzene rings is 3. The van der Waals surface area contributed by atoms with Gasteiger partial charge in [0.2, 0.25) is 11.8 Å². The number of carbonyl (C=O) groups excluding carboxylic acids is 1. The molecule has 4 rings (SSSR count). The molecule has 0 saturated heterocycles. The monoisotopic (exact) mass is 424 g/mol. The highest BCUT2D eigenvalue weighted by molar-refractivity contribution is 6.35. The lowest BCUT2D eigenvalue weighted by Gasteiger charge is -2.07. The minimum absolute atomic E-state index is 0.0562. The second-order valence-corrected chi connectivity index (χ2v) is 7.01. The van der Waals surface area contributed by atoms with Gasteiger partial charge in [0.15, 0.2) is 0 Å². The Bertz CT molecular complexity index is 1140. The van der Waals surface area contributed by atoms with Crippen LogP contribution in [0, 0.1) is 0 Å². The maximum atomic E-state index is 12.3. The molecule has 0 aliphatic carbocycles. The van der Waals surface area contributed by atoms with Gasteiger partial charge in [0, 0.05) is 26.7 Å². The normalized spacial score (nSPS) is 10.7. The van der Waals surface area contributed by atoms with Gasteiger partial charge in [-0.3, -0.25) is 0 Å². The van der Waals surface area contributed by atoms with E-state index in [-0.39, 0.29) is 6.61 Å². The van der Waals surface area contributed by atoms with Crippen molar-refractivity contribution in [3.8, 4) is 22.9 Å². The topological polar surface area (TPSA) is 65.2 Å². The van der Waals surface area contributed by atoms with Crippen molar-refractivity contribution in [2.24, 2.45) is 0 Å². The van der Waals surface area contributed by atoms with Crippen molar-refractivity contribution < 1.29 is 13.9 Å². The molecule has 0 atom stereocenters. The van der Waals surface area contributed by atoms with Crippen molar-refractivity contribution in [3.05, 3.63) is 94.0 Å². The number of ether oxygens (including phenoxy) is 1. The molecule has 0 unspecified atom stereocenters. The Labute approximate surface area is 176 Å². The summed E-state index contributed by atoms with van der Waals surface area (Å²) in [6, 6.07) is 21.3. The molecular weight excluding hydrogens is 411 g/mol. The maximum Gasteiger partial charge on any atom is 0.338 e.